The molecule has 40 heavy (non-hydrogen) atoms. The quantitative estimate of drug-likeness (QED) is 0.181. The van der Waals surface area contributed by atoms with E-state index in [9.17, 15) is 35.2 Å². The molecular formula is C26H21F5N4O3S2. The van der Waals surface area contributed by atoms with E-state index in [2.05, 4.69) is 4.99 Å². The highest BCUT2D eigenvalue weighted by Crippen LogP contribution is 2.38. The van der Waals surface area contributed by atoms with Crippen LogP contribution in [0.5, 0.6) is 0 Å². The molecule has 0 aliphatic heterocycles. The maximum atomic E-state index is 14.5. The van der Waals surface area contributed by atoms with E-state index < -0.39 is 63.4 Å². The Kier molecular flexibility index (Phi) is 7.85. The molecule has 0 radical (unpaired) electrons. The molecule has 0 saturated heterocycles. The molecule has 2 heterocycles. The van der Waals surface area contributed by atoms with E-state index in [1.54, 1.807) is 18.2 Å². The average molecular weight is 597 g/mol. The normalized spacial score (nSPS) is 11.9. The van der Waals surface area contributed by atoms with E-state index in [-0.39, 0.29) is 21.0 Å². The highest BCUT2D eigenvalue weighted by molar-refractivity contribution is 7.90. The molecule has 0 amide bonds. The van der Waals surface area contributed by atoms with E-state index in [0.717, 1.165) is 40.4 Å². The van der Waals surface area contributed by atoms with Crippen molar-refractivity contribution in [3.8, 4) is 21.0 Å². The number of aliphatic imine (C=N–C) groups is 1. The SMILES string of the molecule is CS(=O)(=O)c1ccc(-c2ccc(-c3cc(C(F)(F)F)c(CN=C(N)N)c(=O)n3Cc3ccc(F)cc3F)s2)cc1. The van der Waals surface area contributed by atoms with Gasteiger partial charge >= 0.3 is 6.18 Å². The summed E-state index contributed by atoms with van der Waals surface area (Å²) in [6.45, 7) is -1.28. The Balaban J connectivity index is 1.92. The lowest BCUT2D eigenvalue weighted by Gasteiger charge is -2.19. The lowest BCUT2D eigenvalue weighted by atomic mass is 10.1. The Bertz CT molecular complexity index is 1770. The van der Waals surface area contributed by atoms with Gasteiger partial charge in [0.2, 0.25) is 0 Å². The number of aromatic nitrogens is 1. The van der Waals surface area contributed by atoms with Gasteiger partial charge in [-0.2, -0.15) is 13.2 Å². The monoisotopic (exact) mass is 596 g/mol. The Labute approximate surface area is 229 Å². The summed E-state index contributed by atoms with van der Waals surface area (Å²) in [5.41, 5.74) is 7.72. The van der Waals surface area contributed by atoms with Crippen molar-refractivity contribution < 1.29 is 30.4 Å². The number of thiophene rings is 1. The van der Waals surface area contributed by atoms with Crippen molar-refractivity contribution in [3.05, 3.63) is 99.3 Å². The largest absolute Gasteiger partial charge is 0.417 e. The van der Waals surface area contributed by atoms with E-state index in [0.29, 0.717) is 16.5 Å². The zero-order valence-corrected chi connectivity index (χ0v) is 22.3. The van der Waals surface area contributed by atoms with Crippen molar-refractivity contribution >= 4 is 27.1 Å². The van der Waals surface area contributed by atoms with Gasteiger partial charge in [-0.05, 0) is 42.0 Å². The summed E-state index contributed by atoms with van der Waals surface area (Å²) in [6.07, 6.45) is -3.90. The Hall–Kier alpha value is -4.04. The molecule has 2 aromatic heterocycles. The number of nitrogens with zero attached hydrogens (tertiary/aromatic N) is 2. The fraction of sp³-hybridized carbons (Fsp3) is 0.154. The minimum Gasteiger partial charge on any atom is -0.370 e. The molecular weight excluding hydrogens is 575 g/mol. The van der Waals surface area contributed by atoms with Gasteiger partial charge in [0.15, 0.2) is 15.8 Å². The molecule has 0 spiro atoms. The maximum absolute atomic E-state index is 14.5. The molecule has 14 heteroatoms. The summed E-state index contributed by atoms with van der Waals surface area (Å²) >= 11 is 1.04. The van der Waals surface area contributed by atoms with Crippen LogP contribution in [0, 0.1) is 11.6 Å². The van der Waals surface area contributed by atoms with Crippen LogP contribution in [0.4, 0.5) is 22.0 Å². The second-order valence-corrected chi connectivity index (χ2v) is 11.8. The van der Waals surface area contributed by atoms with Crippen molar-refractivity contribution in [2.45, 2.75) is 24.2 Å². The number of halogens is 5. The van der Waals surface area contributed by atoms with Crippen LogP contribution >= 0.6 is 11.3 Å². The molecule has 0 unspecified atom stereocenters. The molecule has 4 rings (SSSR count). The maximum Gasteiger partial charge on any atom is 0.417 e. The van der Waals surface area contributed by atoms with Gasteiger partial charge in [-0.25, -0.2) is 22.2 Å². The Morgan fingerprint density at radius 2 is 1.62 bits per heavy atom. The van der Waals surface area contributed by atoms with Gasteiger partial charge in [0, 0.05) is 22.8 Å². The summed E-state index contributed by atoms with van der Waals surface area (Å²) < 4.78 is 94.8. The number of rotatable bonds is 7. The molecule has 0 atom stereocenters. The standard InChI is InChI=1S/C26H21F5N4O3S2/c1-40(37,38)17-6-3-14(4-7-17)22-8-9-23(39-22)21-11-19(26(29,30)31)18(12-34-25(32)33)24(36)35(21)13-15-2-5-16(27)10-20(15)28/h2-11H,12-13H2,1H3,(H4,32,33,34). The van der Waals surface area contributed by atoms with E-state index >= 15 is 0 Å². The topological polar surface area (TPSA) is 121 Å². The Morgan fingerprint density at radius 3 is 2.20 bits per heavy atom. The third-order valence-corrected chi connectivity index (χ3v) is 8.18. The first kappa shape index (κ1) is 29.0. The zero-order valence-electron chi connectivity index (χ0n) is 20.7. The number of pyridine rings is 1. The van der Waals surface area contributed by atoms with Gasteiger partial charge in [-0.3, -0.25) is 4.79 Å². The number of nitrogens with two attached hydrogens (primary N) is 2. The number of hydrogen-bond acceptors (Lipinski definition) is 5. The minimum atomic E-state index is -4.95. The van der Waals surface area contributed by atoms with Gasteiger partial charge in [0.25, 0.3) is 5.56 Å². The predicted octanol–water partition coefficient (Wildman–Crippen LogP) is 4.77. The molecule has 0 saturated carbocycles. The van der Waals surface area contributed by atoms with Crippen molar-refractivity contribution in [1.82, 2.24) is 4.57 Å². The second kappa shape index (κ2) is 10.8. The molecule has 0 bridgehead atoms. The number of hydrogen-bond donors (Lipinski definition) is 2. The first-order chi connectivity index (χ1) is 18.6. The van der Waals surface area contributed by atoms with E-state index in [1.807, 2.05) is 0 Å². The van der Waals surface area contributed by atoms with Crippen molar-refractivity contribution in [3.63, 3.8) is 0 Å². The third-order valence-electron chi connectivity index (χ3n) is 5.89. The number of guanidine groups is 1. The highest BCUT2D eigenvalue weighted by atomic mass is 32.2. The average Bonchev–Trinajstić information content (AvgIpc) is 3.34. The van der Waals surface area contributed by atoms with E-state index in [1.165, 1.54) is 18.2 Å². The van der Waals surface area contributed by atoms with Crippen LogP contribution in [-0.2, 0) is 29.1 Å². The van der Waals surface area contributed by atoms with Gasteiger partial charge < -0.3 is 16.0 Å². The van der Waals surface area contributed by atoms with Crippen LogP contribution in [0.1, 0.15) is 16.7 Å². The zero-order chi connectivity index (χ0) is 29.4. The van der Waals surface area contributed by atoms with Crippen LogP contribution < -0.4 is 17.0 Å². The second-order valence-electron chi connectivity index (χ2n) is 8.75. The lowest BCUT2D eigenvalue weighted by Crippen LogP contribution is -2.30. The van der Waals surface area contributed by atoms with Gasteiger partial charge in [-0.1, -0.05) is 18.2 Å². The van der Waals surface area contributed by atoms with Gasteiger partial charge in [-0.15, -0.1) is 11.3 Å². The van der Waals surface area contributed by atoms with E-state index in [4.69, 9.17) is 11.5 Å². The molecule has 210 valence electrons. The third kappa shape index (κ3) is 6.23. The summed E-state index contributed by atoms with van der Waals surface area (Å²) in [5, 5.41) is 0. The van der Waals surface area contributed by atoms with Crippen molar-refractivity contribution in [1.29, 1.82) is 0 Å². The molecule has 0 fully saturated rings. The lowest BCUT2D eigenvalue weighted by molar-refractivity contribution is -0.138. The van der Waals surface area contributed by atoms with Gasteiger partial charge in [0.05, 0.1) is 39.7 Å². The van der Waals surface area contributed by atoms with Crippen molar-refractivity contribution in [2.24, 2.45) is 16.5 Å². The van der Waals surface area contributed by atoms with Crippen LogP contribution in [0.15, 0.2) is 75.3 Å². The molecule has 7 nitrogen and oxygen atoms in total. The summed E-state index contributed by atoms with van der Waals surface area (Å²) in [7, 11) is -3.44. The summed E-state index contributed by atoms with van der Waals surface area (Å²) in [4.78, 5) is 18.0. The predicted molar refractivity (Wildman–Crippen MR) is 143 cm³/mol. The van der Waals surface area contributed by atoms with Crippen molar-refractivity contribution in [2.75, 3.05) is 6.26 Å². The number of sulfone groups is 1. The number of alkyl halides is 3. The van der Waals surface area contributed by atoms with Crippen LogP contribution in [0.3, 0.4) is 0 Å². The first-order valence-electron chi connectivity index (χ1n) is 11.4. The molecule has 2 aromatic carbocycles. The summed E-state index contributed by atoms with van der Waals surface area (Å²) in [6, 6.07) is 12.4. The number of benzene rings is 2. The molecule has 4 aromatic rings. The molecule has 4 N–H and O–H groups in total. The minimum absolute atomic E-state index is 0.0920. The van der Waals surface area contributed by atoms with Crippen LogP contribution in [-0.4, -0.2) is 25.2 Å². The summed E-state index contributed by atoms with van der Waals surface area (Å²) in [5.74, 6) is -2.38. The smallest absolute Gasteiger partial charge is 0.370 e. The molecule has 0 aliphatic rings. The Morgan fingerprint density at radius 1 is 0.975 bits per heavy atom. The van der Waals surface area contributed by atoms with Gasteiger partial charge in [0.1, 0.15) is 11.6 Å². The fourth-order valence-electron chi connectivity index (χ4n) is 3.94. The highest BCUT2D eigenvalue weighted by Gasteiger charge is 2.36. The molecule has 0 aliphatic carbocycles. The van der Waals surface area contributed by atoms with Crippen LogP contribution in [0.25, 0.3) is 21.0 Å². The first-order valence-corrected chi connectivity index (χ1v) is 14.1. The van der Waals surface area contributed by atoms with Crippen LogP contribution in [0.2, 0.25) is 0 Å². The fourth-order valence-corrected chi connectivity index (χ4v) is 5.61.